The molecule has 0 aliphatic rings. The van der Waals surface area contributed by atoms with E-state index in [-0.39, 0.29) is 11.7 Å². The van der Waals surface area contributed by atoms with E-state index in [1.54, 1.807) is 11.9 Å². The number of aryl methyl sites for hydroxylation is 2. The molecule has 0 aromatic heterocycles. The fourth-order valence-electron chi connectivity index (χ4n) is 1.75. The van der Waals surface area contributed by atoms with Gasteiger partial charge in [0.2, 0.25) is 5.91 Å². The minimum atomic E-state index is 0.0273. The Morgan fingerprint density at radius 1 is 1.42 bits per heavy atom. The van der Waals surface area contributed by atoms with Crippen molar-refractivity contribution in [2.24, 2.45) is 10.9 Å². The molecule has 0 spiro atoms. The van der Waals surface area contributed by atoms with Gasteiger partial charge in [-0.05, 0) is 25.0 Å². The van der Waals surface area contributed by atoms with Gasteiger partial charge in [0.05, 0.1) is 6.42 Å². The Bertz CT molecular complexity index is 484. The standard InChI is InChI=1S/C14H21N3O2/c1-10-4-5-11(2)12(8-10)9-14(18)17(3)7-6-13(15)16-19/h4-5,8,19H,6-7,9H2,1-3H3,(H2,15,16). The summed E-state index contributed by atoms with van der Waals surface area (Å²) in [6.45, 7) is 4.45. The van der Waals surface area contributed by atoms with Crippen LogP contribution in [-0.4, -0.2) is 35.4 Å². The molecular formula is C14H21N3O2. The Kier molecular flexibility index (Phi) is 5.36. The molecule has 0 aliphatic carbocycles. The molecule has 5 heteroatoms. The minimum Gasteiger partial charge on any atom is -0.409 e. The number of amides is 1. The number of amidine groups is 1. The SMILES string of the molecule is Cc1ccc(C)c(CC(=O)N(C)CC/C(N)=N/O)c1. The van der Waals surface area contributed by atoms with Crippen molar-refractivity contribution >= 4 is 11.7 Å². The summed E-state index contributed by atoms with van der Waals surface area (Å²) in [6, 6.07) is 6.09. The van der Waals surface area contributed by atoms with Crippen molar-refractivity contribution in [3.05, 3.63) is 34.9 Å². The molecule has 1 aromatic rings. The number of benzene rings is 1. The Morgan fingerprint density at radius 2 is 2.11 bits per heavy atom. The third-order valence-electron chi connectivity index (χ3n) is 3.10. The molecule has 0 unspecified atom stereocenters. The van der Waals surface area contributed by atoms with Crippen LogP contribution in [0.25, 0.3) is 0 Å². The first-order valence-electron chi connectivity index (χ1n) is 6.20. The normalized spacial score (nSPS) is 11.4. The average Bonchev–Trinajstić information content (AvgIpc) is 2.39. The summed E-state index contributed by atoms with van der Waals surface area (Å²) in [5.41, 5.74) is 8.68. The topological polar surface area (TPSA) is 78.9 Å². The quantitative estimate of drug-likeness (QED) is 0.365. The van der Waals surface area contributed by atoms with Crippen molar-refractivity contribution in [3.63, 3.8) is 0 Å². The van der Waals surface area contributed by atoms with Gasteiger partial charge in [0, 0.05) is 20.0 Å². The first-order valence-corrected chi connectivity index (χ1v) is 6.20. The summed E-state index contributed by atoms with van der Waals surface area (Å²) >= 11 is 0. The van der Waals surface area contributed by atoms with Crippen LogP contribution in [0.15, 0.2) is 23.4 Å². The van der Waals surface area contributed by atoms with Crippen LogP contribution in [0.5, 0.6) is 0 Å². The van der Waals surface area contributed by atoms with Crippen LogP contribution in [0.2, 0.25) is 0 Å². The fourth-order valence-corrected chi connectivity index (χ4v) is 1.75. The molecular weight excluding hydrogens is 242 g/mol. The molecule has 0 saturated carbocycles. The number of likely N-dealkylation sites (N-methyl/N-ethyl adjacent to an activating group) is 1. The zero-order valence-corrected chi connectivity index (χ0v) is 11.7. The van der Waals surface area contributed by atoms with Crippen molar-refractivity contribution < 1.29 is 10.0 Å². The maximum Gasteiger partial charge on any atom is 0.226 e. The number of hydrogen-bond acceptors (Lipinski definition) is 3. The molecule has 0 bridgehead atoms. The number of carbonyl (C=O) groups excluding carboxylic acids is 1. The molecule has 0 atom stereocenters. The summed E-state index contributed by atoms with van der Waals surface area (Å²) < 4.78 is 0. The molecule has 0 saturated heterocycles. The van der Waals surface area contributed by atoms with Crippen LogP contribution in [0.4, 0.5) is 0 Å². The van der Waals surface area contributed by atoms with E-state index in [9.17, 15) is 4.79 Å². The summed E-state index contributed by atoms with van der Waals surface area (Å²) in [6.07, 6.45) is 0.742. The number of nitrogens with two attached hydrogens (primary N) is 1. The van der Waals surface area contributed by atoms with E-state index < -0.39 is 0 Å². The lowest BCUT2D eigenvalue weighted by molar-refractivity contribution is -0.129. The van der Waals surface area contributed by atoms with Crippen molar-refractivity contribution in [1.82, 2.24) is 4.90 Å². The van der Waals surface area contributed by atoms with Crippen LogP contribution in [0.3, 0.4) is 0 Å². The molecule has 5 nitrogen and oxygen atoms in total. The maximum absolute atomic E-state index is 12.1. The Balaban J connectivity index is 2.61. The van der Waals surface area contributed by atoms with E-state index in [4.69, 9.17) is 10.9 Å². The van der Waals surface area contributed by atoms with Crippen molar-refractivity contribution in [1.29, 1.82) is 0 Å². The van der Waals surface area contributed by atoms with Crippen LogP contribution in [0, 0.1) is 13.8 Å². The summed E-state index contributed by atoms with van der Waals surface area (Å²) in [4.78, 5) is 13.7. The van der Waals surface area contributed by atoms with E-state index in [0.29, 0.717) is 19.4 Å². The highest BCUT2D eigenvalue weighted by atomic mass is 16.4. The Hall–Kier alpha value is -2.04. The zero-order valence-electron chi connectivity index (χ0n) is 11.7. The summed E-state index contributed by atoms with van der Waals surface area (Å²) in [5.74, 6) is 0.158. The van der Waals surface area contributed by atoms with Gasteiger partial charge in [-0.2, -0.15) is 0 Å². The predicted octanol–water partition coefficient (Wildman–Crippen LogP) is 1.44. The van der Waals surface area contributed by atoms with Gasteiger partial charge < -0.3 is 15.8 Å². The lowest BCUT2D eigenvalue weighted by Crippen LogP contribution is -2.31. The van der Waals surface area contributed by atoms with E-state index >= 15 is 0 Å². The fraction of sp³-hybridized carbons (Fsp3) is 0.429. The van der Waals surface area contributed by atoms with Crippen molar-refractivity contribution in [2.45, 2.75) is 26.7 Å². The Morgan fingerprint density at radius 3 is 2.74 bits per heavy atom. The predicted molar refractivity (Wildman–Crippen MR) is 75.3 cm³/mol. The molecule has 1 rings (SSSR count). The van der Waals surface area contributed by atoms with E-state index in [1.807, 2.05) is 32.0 Å². The summed E-state index contributed by atoms with van der Waals surface area (Å²) in [7, 11) is 1.72. The van der Waals surface area contributed by atoms with Gasteiger partial charge in [-0.1, -0.05) is 28.9 Å². The molecule has 104 valence electrons. The maximum atomic E-state index is 12.1. The first kappa shape index (κ1) is 15.0. The molecule has 1 amide bonds. The number of hydrogen-bond donors (Lipinski definition) is 2. The molecule has 0 aliphatic heterocycles. The third-order valence-corrected chi connectivity index (χ3v) is 3.10. The second-order valence-electron chi connectivity index (χ2n) is 4.76. The lowest BCUT2D eigenvalue weighted by Gasteiger charge is -2.17. The molecule has 0 heterocycles. The van der Waals surface area contributed by atoms with Gasteiger partial charge in [-0.25, -0.2) is 0 Å². The summed E-state index contributed by atoms with van der Waals surface area (Å²) in [5, 5.41) is 11.3. The first-order chi connectivity index (χ1) is 8.93. The molecule has 19 heavy (non-hydrogen) atoms. The lowest BCUT2D eigenvalue weighted by atomic mass is 10.0. The van der Waals surface area contributed by atoms with Gasteiger partial charge in [-0.3, -0.25) is 4.79 Å². The minimum absolute atomic E-state index is 0.0273. The highest BCUT2D eigenvalue weighted by Gasteiger charge is 2.11. The van der Waals surface area contributed by atoms with Gasteiger partial charge >= 0.3 is 0 Å². The second-order valence-corrected chi connectivity index (χ2v) is 4.76. The average molecular weight is 263 g/mol. The van der Waals surface area contributed by atoms with Crippen LogP contribution in [-0.2, 0) is 11.2 Å². The van der Waals surface area contributed by atoms with Crippen LogP contribution < -0.4 is 5.73 Å². The third kappa shape index (κ3) is 4.62. The number of oxime groups is 1. The van der Waals surface area contributed by atoms with Crippen molar-refractivity contribution in [3.8, 4) is 0 Å². The van der Waals surface area contributed by atoms with Crippen LogP contribution >= 0.6 is 0 Å². The van der Waals surface area contributed by atoms with E-state index in [2.05, 4.69) is 5.16 Å². The van der Waals surface area contributed by atoms with Gasteiger partial charge in [0.1, 0.15) is 5.84 Å². The van der Waals surface area contributed by atoms with E-state index in [1.165, 1.54) is 0 Å². The van der Waals surface area contributed by atoms with Gasteiger partial charge in [0.25, 0.3) is 0 Å². The smallest absolute Gasteiger partial charge is 0.226 e. The highest BCUT2D eigenvalue weighted by molar-refractivity contribution is 5.82. The Labute approximate surface area is 113 Å². The number of rotatable bonds is 5. The van der Waals surface area contributed by atoms with Gasteiger partial charge in [-0.15, -0.1) is 0 Å². The molecule has 3 N–H and O–H groups in total. The molecule has 1 aromatic carbocycles. The molecule has 0 fully saturated rings. The number of nitrogens with zero attached hydrogens (tertiary/aromatic N) is 2. The number of carbonyl (C=O) groups is 1. The van der Waals surface area contributed by atoms with E-state index in [0.717, 1.165) is 16.7 Å². The van der Waals surface area contributed by atoms with Gasteiger partial charge in [0.15, 0.2) is 0 Å². The van der Waals surface area contributed by atoms with Crippen LogP contribution in [0.1, 0.15) is 23.1 Å². The second kappa shape index (κ2) is 6.78. The largest absolute Gasteiger partial charge is 0.409 e. The van der Waals surface area contributed by atoms with Crippen molar-refractivity contribution in [2.75, 3.05) is 13.6 Å². The zero-order chi connectivity index (χ0) is 14.4. The monoisotopic (exact) mass is 263 g/mol. The highest BCUT2D eigenvalue weighted by Crippen LogP contribution is 2.12. The molecule has 0 radical (unpaired) electrons.